The van der Waals surface area contributed by atoms with Gasteiger partial charge in [0.05, 0.1) is 33.5 Å². The maximum absolute atomic E-state index is 10.3. The van der Waals surface area contributed by atoms with E-state index in [0.29, 0.717) is 35.1 Å². The summed E-state index contributed by atoms with van der Waals surface area (Å²) in [5, 5.41) is 8.73. The molecule has 3 radical (unpaired) electrons. The predicted octanol–water partition coefficient (Wildman–Crippen LogP) is 3.96. The Morgan fingerprint density at radius 1 is 0.810 bits per heavy atom. The number of aliphatic hydroxyl groups excluding tert-OH is 1. The van der Waals surface area contributed by atoms with Crippen molar-refractivity contribution in [2.45, 2.75) is 42.2 Å². The maximum Gasteiger partial charge on any atom is 1.00 e. The molecule has 0 saturated carbocycles. The second kappa shape index (κ2) is 27.1. The van der Waals surface area contributed by atoms with Gasteiger partial charge in [0.15, 0.2) is 6.29 Å². The number of aryl methyl sites for hydroxylation is 3. The van der Waals surface area contributed by atoms with Crippen LogP contribution in [0.15, 0.2) is 77.7 Å². The van der Waals surface area contributed by atoms with E-state index in [1.807, 2.05) is 12.1 Å². The van der Waals surface area contributed by atoms with Gasteiger partial charge in [0, 0.05) is 43.1 Å². The fourth-order valence-electron chi connectivity index (χ4n) is 3.02. The number of aliphatic hydroxyl groups is 1. The number of ether oxygens (including phenoxy) is 3. The molecule has 42 heavy (non-hydrogen) atoms. The van der Waals surface area contributed by atoms with Crippen LogP contribution in [0.25, 0.3) is 0 Å². The Bertz CT molecular complexity index is 1220. The smallest absolute Gasteiger partial charge is 1.00 e. The van der Waals surface area contributed by atoms with E-state index < -0.39 is 0 Å². The summed E-state index contributed by atoms with van der Waals surface area (Å²) >= 11 is 3.51. The molecule has 0 unspecified atom stereocenters. The van der Waals surface area contributed by atoms with Crippen LogP contribution in [0, 0.1) is 20.8 Å². The second-order valence-electron chi connectivity index (χ2n) is 7.63. The Balaban J connectivity index is -0.000000144. The van der Waals surface area contributed by atoms with Crippen molar-refractivity contribution in [1.82, 2.24) is 15.0 Å². The minimum absolute atomic E-state index is 0. The van der Waals surface area contributed by atoms with E-state index in [1.54, 1.807) is 56.0 Å². The fourth-order valence-corrected chi connectivity index (χ4v) is 3.25. The average molecular weight is 651 g/mol. The van der Waals surface area contributed by atoms with Gasteiger partial charge in [-0.2, -0.15) is 0 Å². The zero-order valence-electron chi connectivity index (χ0n) is 25.1. The number of carbonyl (C=O) groups excluding carboxylic acids is 1. The van der Waals surface area contributed by atoms with E-state index in [4.69, 9.17) is 19.3 Å². The Labute approximate surface area is 285 Å². The van der Waals surface area contributed by atoms with E-state index in [0.717, 1.165) is 0 Å². The Hall–Kier alpha value is -2.76. The van der Waals surface area contributed by atoms with Crippen molar-refractivity contribution in [1.29, 1.82) is 0 Å². The minimum atomic E-state index is -0.0307. The second-order valence-corrected chi connectivity index (χ2v) is 8.43. The van der Waals surface area contributed by atoms with Crippen molar-refractivity contribution in [3.63, 3.8) is 0 Å². The summed E-state index contributed by atoms with van der Waals surface area (Å²) in [6, 6.07) is 16.8. The van der Waals surface area contributed by atoms with Gasteiger partial charge >= 0.3 is 29.6 Å². The first-order valence-corrected chi connectivity index (χ1v) is 12.3. The summed E-state index contributed by atoms with van der Waals surface area (Å²) in [7, 11) is 4.61. The van der Waals surface area contributed by atoms with Crippen LogP contribution in [-0.2, 0) is 6.61 Å². The third-order valence-corrected chi connectivity index (χ3v) is 6.01. The number of benzene rings is 1. The van der Waals surface area contributed by atoms with Gasteiger partial charge in [-0.15, -0.1) is 0 Å². The number of aldehydes is 1. The third-order valence-electron chi connectivity index (χ3n) is 4.76. The molecule has 0 fully saturated rings. The van der Waals surface area contributed by atoms with Crippen LogP contribution in [0.1, 0.15) is 48.9 Å². The molecule has 4 aromatic rings. The molecular weight excluding hydrogens is 608 g/mol. The summed E-state index contributed by atoms with van der Waals surface area (Å²) in [4.78, 5) is 21.8. The Morgan fingerprint density at radius 3 is 1.71 bits per heavy atom. The molecule has 0 aliphatic heterocycles. The van der Waals surface area contributed by atoms with Gasteiger partial charge in [0.2, 0.25) is 17.6 Å². The first-order chi connectivity index (χ1) is 18.3. The quantitative estimate of drug-likeness (QED) is 0.256. The Morgan fingerprint density at radius 2 is 1.33 bits per heavy atom. The van der Waals surface area contributed by atoms with Crippen LogP contribution in [0.2, 0.25) is 0 Å². The van der Waals surface area contributed by atoms with Crippen LogP contribution in [0.4, 0.5) is 0 Å². The number of hydrogen-bond acceptors (Lipinski definition) is 8. The standard InChI is InChI=1S/C9H11Br.C7H9NO2.C7H7NO2.C6H7NO.2CH4.B.Na.H/c1-6-4-7(2)9(10)8(3)5-6;2*1-10-7-6(5-9)3-2-4-8-7;1-8-6-4-2-3-5-7-6;;;;;/h4-5H,1-3H3;2-4,9H,5H2,1H3;2-5H,1H3;2-5H,1H3;2*1H4;;;/q;;;;;;;+1;-1. The molecule has 11 heteroatoms. The Kier molecular flexibility index (Phi) is 29.8. The number of nitrogens with zero attached hydrogens (tertiary/aromatic N) is 3. The molecule has 0 amide bonds. The number of pyridine rings is 3. The van der Waals surface area contributed by atoms with Crippen LogP contribution < -0.4 is 43.8 Å². The van der Waals surface area contributed by atoms with Crippen molar-refractivity contribution in [3.8, 4) is 17.6 Å². The predicted molar refractivity (Wildman–Crippen MR) is 172 cm³/mol. The summed E-state index contributed by atoms with van der Waals surface area (Å²) in [5.74, 6) is 1.52. The molecule has 0 aliphatic rings. The van der Waals surface area contributed by atoms with E-state index in [1.165, 1.54) is 35.4 Å². The first-order valence-electron chi connectivity index (χ1n) is 11.5. The number of aromatic nitrogens is 3. The number of methoxy groups -OCH3 is 3. The zero-order valence-corrected chi connectivity index (χ0v) is 27.7. The monoisotopic (exact) mass is 650 g/mol. The zero-order chi connectivity index (χ0) is 28.3. The van der Waals surface area contributed by atoms with Gasteiger partial charge in [0.25, 0.3) is 0 Å². The molecule has 3 aromatic heterocycles. The number of carbonyl (C=O) groups is 1. The van der Waals surface area contributed by atoms with Crippen molar-refractivity contribution in [2.75, 3.05) is 21.3 Å². The molecule has 3 heterocycles. The van der Waals surface area contributed by atoms with Crippen molar-refractivity contribution >= 4 is 30.6 Å². The fraction of sp³-hybridized carbons (Fsp3) is 0.290. The molecule has 1 N–H and O–H groups in total. The van der Waals surface area contributed by atoms with Gasteiger partial charge < -0.3 is 20.7 Å². The molecule has 0 saturated heterocycles. The van der Waals surface area contributed by atoms with E-state index in [-0.39, 0.29) is 60.9 Å². The first kappa shape index (κ1) is 46.2. The van der Waals surface area contributed by atoms with Gasteiger partial charge in [-0.25, -0.2) is 15.0 Å². The molecule has 1 aromatic carbocycles. The minimum Gasteiger partial charge on any atom is -1.00 e. The van der Waals surface area contributed by atoms with Gasteiger partial charge in [-0.1, -0.05) is 54.5 Å². The molecule has 0 aliphatic carbocycles. The van der Waals surface area contributed by atoms with Gasteiger partial charge in [-0.3, -0.25) is 4.79 Å². The number of halogens is 1. The summed E-state index contributed by atoms with van der Waals surface area (Å²) in [6.45, 7) is 6.32. The summed E-state index contributed by atoms with van der Waals surface area (Å²) in [5.41, 5.74) is 5.16. The third kappa shape index (κ3) is 17.3. The van der Waals surface area contributed by atoms with Crippen LogP contribution in [-0.4, -0.2) is 56.1 Å². The topological polar surface area (TPSA) is 104 Å². The maximum atomic E-state index is 10.3. The molecule has 4 rings (SSSR count). The van der Waals surface area contributed by atoms with Crippen molar-refractivity contribution < 1.29 is 55.1 Å². The van der Waals surface area contributed by atoms with E-state index in [9.17, 15) is 4.79 Å². The van der Waals surface area contributed by atoms with Crippen LogP contribution >= 0.6 is 15.9 Å². The average Bonchev–Trinajstić information content (AvgIpc) is 2.97. The van der Waals surface area contributed by atoms with Crippen molar-refractivity contribution in [2.24, 2.45) is 0 Å². The molecule has 223 valence electrons. The number of hydrogen-bond donors (Lipinski definition) is 1. The van der Waals surface area contributed by atoms with Gasteiger partial charge in [0.1, 0.15) is 0 Å². The SMILES string of the molecule is C.C.COc1ccccn1.COc1ncccc1C=O.COc1ncccc1CO.Cc1cc(C)c(Br)c(C)c1.[B].[H-].[Na+]. The van der Waals surface area contributed by atoms with Gasteiger partial charge in [-0.05, 0) is 62.2 Å². The van der Waals surface area contributed by atoms with E-state index >= 15 is 0 Å². The number of rotatable bonds is 5. The molecule has 0 bridgehead atoms. The summed E-state index contributed by atoms with van der Waals surface area (Å²) < 4.78 is 15.7. The summed E-state index contributed by atoms with van der Waals surface area (Å²) in [6.07, 6.45) is 5.61. The van der Waals surface area contributed by atoms with Crippen molar-refractivity contribution in [3.05, 3.63) is 105 Å². The van der Waals surface area contributed by atoms with Crippen LogP contribution in [0.3, 0.4) is 0 Å². The molecule has 0 spiro atoms. The van der Waals surface area contributed by atoms with E-state index in [2.05, 4.69) is 63.8 Å². The van der Waals surface area contributed by atoms with Crippen LogP contribution in [0.5, 0.6) is 17.6 Å². The molecular formula is C31H43BBrN3NaO5. The normalized spacial score (nSPS) is 8.38. The largest absolute Gasteiger partial charge is 1.00 e. The molecule has 0 atom stereocenters. The molecule has 8 nitrogen and oxygen atoms in total.